The number of fused-ring (bicyclic) bond motifs is 3. The molecule has 1 heterocycles. The first kappa shape index (κ1) is 17.4. The number of hydrogen-bond acceptors (Lipinski definition) is 1. The summed E-state index contributed by atoms with van der Waals surface area (Å²) >= 11 is 0. The molecule has 2 nitrogen and oxygen atoms in total. The summed E-state index contributed by atoms with van der Waals surface area (Å²) in [6.45, 7) is 1.78. The average molecular weight is 545 g/mol. The summed E-state index contributed by atoms with van der Waals surface area (Å²) in [5.74, 6) is 0.499. The van der Waals surface area contributed by atoms with E-state index >= 15 is 0 Å². The second-order valence-corrected chi connectivity index (χ2v) is 10.2. The molecule has 0 amide bonds. The predicted octanol–water partition coefficient (Wildman–Crippen LogP) is 10.6. The molecule has 0 spiro atoms. The van der Waals surface area contributed by atoms with Crippen LogP contribution in [0.15, 0.2) is 151 Å². The van der Waals surface area contributed by atoms with E-state index in [1.54, 1.807) is 11.5 Å². The molecule has 0 saturated carbocycles. The van der Waals surface area contributed by atoms with Gasteiger partial charge in [-0.1, -0.05) is 121 Å². The van der Waals surface area contributed by atoms with Crippen molar-refractivity contribution in [3.8, 4) is 39.1 Å². The first-order valence-electron chi connectivity index (χ1n) is 17.7. The van der Waals surface area contributed by atoms with Crippen molar-refractivity contribution in [1.82, 2.24) is 9.55 Å². The summed E-state index contributed by atoms with van der Waals surface area (Å²) in [6.07, 6.45) is 0. The van der Waals surface area contributed by atoms with E-state index in [1.165, 1.54) is 0 Å². The molecule has 0 saturated heterocycles. The molecule has 1 aromatic heterocycles. The summed E-state index contributed by atoms with van der Waals surface area (Å²) in [5, 5.41) is 0.595. The number of aryl methyl sites for hydroxylation is 1. The molecule has 8 rings (SSSR count). The fraction of sp³-hybridized carbons (Fsp3) is 0.0250. The first-order valence-corrected chi connectivity index (χ1v) is 13.7. The lowest BCUT2D eigenvalue weighted by Gasteiger charge is -2.20. The van der Waals surface area contributed by atoms with Crippen molar-refractivity contribution in [2.75, 3.05) is 0 Å². The van der Waals surface area contributed by atoms with Crippen LogP contribution in [0.4, 0.5) is 0 Å². The van der Waals surface area contributed by atoms with Gasteiger partial charge in [-0.2, -0.15) is 0 Å². The van der Waals surface area contributed by atoms with E-state index < -0.39 is 24.2 Å². The maximum absolute atomic E-state index is 9.38. The molecule has 7 aromatic carbocycles. The van der Waals surface area contributed by atoms with Gasteiger partial charge < -0.3 is 0 Å². The van der Waals surface area contributed by atoms with Crippen LogP contribution < -0.4 is 0 Å². The zero-order valence-corrected chi connectivity index (χ0v) is 22.7. The van der Waals surface area contributed by atoms with Crippen LogP contribution in [-0.4, -0.2) is 9.55 Å². The topological polar surface area (TPSA) is 17.8 Å². The highest BCUT2D eigenvalue weighted by Crippen LogP contribution is 2.44. The van der Waals surface area contributed by atoms with Crippen molar-refractivity contribution in [1.29, 1.82) is 0 Å². The molecule has 42 heavy (non-hydrogen) atoms. The van der Waals surface area contributed by atoms with Gasteiger partial charge >= 0.3 is 0 Å². The van der Waals surface area contributed by atoms with Gasteiger partial charge in [-0.25, -0.2) is 4.98 Å². The normalized spacial score (nSPS) is 14.1. The monoisotopic (exact) mass is 544 g/mol. The molecule has 0 aliphatic rings. The maximum Gasteiger partial charge on any atom is 0.111 e. The minimum Gasteiger partial charge on any atom is -0.295 e. The molecule has 2 heteroatoms. The highest BCUT2D eigenvalue weighted by molar-refractivity contribution is 6.19. The Labute approximate surface area is 256 Å². The minimum absolute atomic E-state index is 0.140. The van der Waals surface area contributed by atoms with Crippen LogP contribution in [-0.2, 0) is 0 Å². The van der Waals surface area contributed by atoms with Gasteiger partial charge in [0.25, 0.3) is 0 Å². The van der Waals surface area contributed by atoms with Crippen molar-refractivity contribution in [3.05, 3.63) is 157 Å². The Hall–Kier alpha value is -5.47. The highest BCUT2D eigenvalue weighted by Gasteiger charge is 2.20. The van der Waals surface area contributed by atoms with E-state index in [1.807, 2.05) is 97.1 Å². The highest BCUT2D eigenvalue weighted by atomic mass is 15.1. The Kier molecular flexibility index (Phi) is 4.08. The quantitative estimate of drug-likeness (QED) is 0.202. The Morgan fingerprint density at radius 3 is 1.57 bits per heavy atom. The molecule has 0 aliphatic heterocycles. The van der Waals surface area contributed by atoms with Crippen LogP contribution in [0, 0.1) is 6.92 Å². The summed E-state index contributed by atoms with van der Waals surface area (Å²) < 4.78 is 74.4. The number of imidazole rings is 1. The van der Waals surface area contributed by atoms with Crippen LogP contribution in [0.25, 0.3) is 71.6 Å². The average Bonchev–Trinajstić information content (AvgIpc) is 3.48. The van der Waals surface area contributed by atoms with E-state index in [9.17, 15) is 5.48 Å². The minimum atomic E-state index is -0.444. The summed E-state index contributed by atoms with van der Waals surface area (Å²) in [5.41, 5.74) is 5.87. The van der Waals surface area contributed by atoms with Crippen molar-refractivity contribution < 1.29 is 11.0 Å². The van der Waals surface area contributed by atoms with E-state index in [2.05, 4.69) is 6.07 Å². The van der Waals surface area contributed by atoms with Crippen molar-refractivity contribution >= 4 is 32.6 Å². The number of para-hydroxylation sites is 2. The van der Waals surface area contributed by atoms with Crippen LogP contribution in [0.3, 0.4) is 0 Å². The first-order chi connectivity index (χ1) is 24.1. The summed E-state index contributed by atoms with van der Waals surface area (Å²) in [7, 11) is 0. The van der Waals surface area contributed by atoms with Crippen molar-refractivity contribution in [2.45, 2.75) is 6.92 Å². The Bertz CT molecular complexity index is 2550. The van der Waals surface area contributed by atoms with Crippen LogP contribution in [0.2, 0.25) is 0 Å². The standard InChI is InChI=1S/C40H28N2/c1-27-41-37-22-12-13-23-38(37)42(27)40-35-20-10-8-18-33(35)39(34-19-9-11-21-36(34)40)32-25-30(28-14-4-2-5-15-28)24-31(26-32)29-16-6-3-7-17-29/h2-26H,1H3/i8D,9D,10D,11D,18D,19D,20D,21D. The Morgan fingerprint density at radius 1 is 0.524 bits per heavy atom. The lowest BCUT2D eigenvalue weighted by Crippen LogP contribution is -2.01. The number of hydrogen-bond donors (Lipinski definition) is 0. The van der Waals surface area contributed by atoms with Gasteiger partial charge in [0, 0.05) is 10.8 Å². The van der Waals surface area contributed by atoms with Crippen LogP contribution in [0.1, 0.15) is 16.8 Å². The molecule has 0 aliphatic carbocycles. The number of benzene rings is 7. The molecule has 0 N–H and O–H groups in total. The lowest BCUT2D eigenvalue weighted by atomic mass is 9.87. The van der Waals surface area contributed by atoms with Gasteiger partial charge in [0.2, 0.25) is 0 Å². The predicted molar refractivity (Wildman–Crippen MR) is 177 cm³/mol. The summed E-state index contributed by atoms with van der Waals surface area (Å²) in [4.78, 5) is 4.74. The molecule has 0 fully saturated rings. The second-order valence-electron chi connectivity index (χ2n) is 10.2. The maximum atomic E-state index is 9.38. The molecule has 0 radical (unpaired) electrons. The fourth-order valence-corrected chi connectivity index (χ4v) is 5.91. The van der Waals surface area contributed by atoms with Crippen LogP contribution >= 0.6 is 0 Å². The number of rotatable bonds is 4. The van der Waals surface area contributed by atoms with Gasteiger partial charge in [-0.3, -0.25) is 4.57 Å². The molecule has 0 bridgehead atoms. The molecule has 0 atom stereocenters. The molecule has 8 aromatic rings. The van der Waals surface area contributed by atoms with E-state index in [0.29, 0.717) is 28.0 Å². The third kappa shape index (κ3) is 3.92. The molecule has 198 valence electrons. The van der Waals surface area contributed by atoms with Crippen molar-refractivity contribution in [2.24, 2.45) is 0 Å². The zero-order chi connectivity index (χ0) is 35.0. The fourth-order valence-electron chi connectivity index (χ4n) is 5.91. The Balaban J connectivity index is 1.67. The van der Waals surface area contributed by atoms with E-state index in [0.717, 1.165) is 22.3 Å². The van der Waals surface area contributed by atoms with E-state index in [-0.39, 0.29) is 51.4 Å². The third-order valence-electron chi connectivity index (χ3n) is 7.74. The number of nitrogens with zero attached hydrogens (tertiary/aromatic N) is 2. The molecule has 0 unspecified atom stereocenters. The third-order valence-corrected chi connectivity index (χ3v) is 7.74. The van der Waals surface area contributed by atoms with Gasteiger partial charge in [-0.15, -0.1) is 0 Å². The summed E-state index contributed by atoms with van der Waals surface area (Å²) in [6, 6.07) is 29.8. The number of aromatic nitrogens is 2. The van der Waals surface area contributed by atoms with Gasteiger partial charge in [0.05, 0.1) is 27.7 Å². The van der Waals surface area contributed by atoms with Gasteiger partial charge in [-0.05, 0) is 81.4 Å². The molecular formula is C40H28N2. The van der Waals surface area contributed by atoms with Gasteiger partial charge in [0.15, 0.2) is 0 Å². The Morgan fingerprint density at radius 2 is 1.00 bits per heavy atom. The SMILES string of the molecule is [2H]c1c([2H])c([2H])c2c(-n3c(C)nc4ccccc43)c3c([2H])c([2H])c([2H])c([2H])c3c(-c3cc(-c4ccccc4)cc(-c4ccccc4)c3)c2c1[2H]. The van der Waals surface area contributed by atoms with Crippen LogP contribution in [0.5, 0.6) is 0 Å². The zero-order valence-electron chi connectivity index (χ0n) is 30.7. The molecular weight excluding hydrogens is 508 g/mol. The largest absolute Gasteiger partial charge is 0.295 e. The second kappa shape index (κ2) is 9.87. The van der Waals surface area contributed by atoms with E-state index in [4.69, 9.17) is 10.5 Å². The van der Waals surface area contributed by atoms with Crippen molar-refractivity contribution in [3.63, 3.8) is 0 Å². The lowest BCUT2D eigenvalue weighted by molar-refractivity contribution is 1.02. The smallest absolute Gasteiger partial charge is 0.111 e. The van der Waals surface area contributed by atoms with Gasteiger partial charge in [0.1, 0.15) is 5.82 Å².